The molecule has 6 nitrogen and oxygen atoms in total. The van der Waals surface area contributed by atoms with Gasteiger partial charge in [0.1, 0.15) is 17.7 Å². The molecule has 2 N–H and O–H groups in total. The van der Waals surface area contributed by atoms with Crippen molar-refractivity contribution in [3.05, 3.63) is 54.1 Å². The number of nitrogens with zero attached hydrogens (tertiary/aromatic N) is 2. The number of rotatable bonds is 5. The number of aromatic nitrogens is 2. The molecule has 0 radical (unpaired) electrons. The lowest BCUT2D eigenvalue weighted by molar-refractivity contribution is 0.0347. The first-order valence-corrected chi connectivity index (χ1v) is 7.78. The standard InChI is InChI=1S/C17H18FN3O3/c18-13-2-1-3-14(8-13)24-15-5-4-11(16(15)22)9-19-17(23)12-6-7-20-21-10-12/h1-3,6-8,10-11,15-16,22H,4-5,9H2,(H,19,23)/t11-,15-,16-/m1/s1. The van der Waals surface area contributed by atoms with Crippen LogP contribution in [-0.2, 0) is 0 Å². The second kappa shape index (κ2) is 7.35. The SMILES string of the molecule is O=C(NC[C@H]1CC[C@@H](Oc2cccc(F)c2)[C@@H]1O)c1ccnnc1. The Morgan fingerprint density at radius 2 is 2.21 bits per heavy atom. The Balaban J connectivity index is 1.52. The average Bonchev–Trinajstić information content (AvgIpc) is 2.94. The number of aliphatic hydroxyl groups is 1. The van der Waals surface area contributed by atoms with Crippen LogP contribution in [0, 0.1) is 11.7 Å². The number of carbonyl (C=O) groups is 1. The fourth-order valence-corrected chi connectivity index (χ4v) is 2.84. The van der Waals surface area contributed by atoms with Crippen LogP contribution in [0.15, 0.2) is 42.7 Å². The van der Waals surface area contributed by atoms with Crippen LogP contribution in [0.25, 0.3) is 0 Å². The summed E-state index contributed by atoms with van der Waals surface area (Å²) in [7, 11) is 0. The normalized spacial score (nSPS) is 23.0. The van der Waals surface area contributed by atoms with Gasteiger partial charge in [-0.25, -0.2) is 4.39 Å². The third-order valence-corrected chi connectivity index (χ3v) is 4.14. The number of aliphatic hydroxyl groups excluding tert-OH is 1. The summed E-state index contributed by atoms with van der Waals surface area (Å²) in [6.07, 6.45) is 3.07. The predicted octanol–water partition coefficient (Wildman–Crippen LogP) is 1.56. The van der Waals surface area contributed by atoms with Crippen LogP contribution >= 0.6 is 0 Å². The zero-order chi connectivity index (χ0) is 16.9. The minimum absolute atomic E-state index is 0.109. The molecule has 1 heterocycles. The molecule has 2 aromatic rings. The molecule has 1 amide bonds. The van der Waals surface area contributed by atoms with Crippen LogP contribution in [0.2, 0.25) is 0 Å². The molecule has 1 aromatic carbocycles. The predicted molar refractivity (Wildman–Crippen MR) is 83.9 cm³/mol. The maximum atomic E-state index is 13.2. The first-order valence-electron chi connectivity index (χ1n) is 7.78. The van der Waals surface area contributed by atoms with Gasteiger partial charge in [0.25, 0.3) is 5.91 Å². The molecule has 3 rings (SSSR count). The van der Waals surface area contributed by atoms with Crippen LogP contribution in [0.5, 0.6) is 5.75 Å². The number of amides is 1. The third-order valence-electron chi connectivity index (χ3n) is 4.14. The fourth-order valence-electron chi connectivity index (χ4n) is 2.84. The van der Waals surface area contributed by atoms with Gasteiger partial charge in [0.15, 0.2) is 0 Å². The number of ether oxygens (including phenoxy) is 1. The van der Waals surface area contributed by atoms with E-state index in [2.05, 4.69) is 15.5 Å². The lowest BCUT2D eigenvalue weighted by Crippen LogP contribution is -2.37. The maximum Gasteiger partial charge on any atom is 0.252 e. The first-order chi connectivity index (χ1) is 11.6. The summed E-state index contributed by atoms with van der Waals surface area (Å²) in [5.74, 6) is -0.352. The van der Waals surface area contributed by atoms with E-state index < -0.39 is 12.2 Å². The summed E-state index contributed by atoms with van der Waals surface area (Å²) < 4.78 is 18.9. The highest BCUT2D eigenvalue weighted by Gasteiger charge is 2.36. The highest BCUT2D eigenvalue weighted by molar-refractivity contribution is 5.93. The largest absolute Gasteiger partial charge is 0.488 e. The number of hydrogen-bond donors (Lipinski definition) is 2. The molecular weight excluding hydrogens is 313 g/mol. The summed E-state index contributed by atoms with van der Waals surface area (Å²) in [4.78, 5) is 12.0. The van der Waals surface area contributed by atoms with Crippen molar-refractivity contribution < 1.29 is 19.0 Å². The highest BCUT2D eigenvalue weighted by Crippen LogP contribution is 2.29. The summed E-state index contributed by atoms with van der Waals surface area (Å²) in [5, 5.41) is 20.4. The zero-order valence-corrected chi connectivity index (χ0v) is 12.9. The van der Waals surface area contributed by atoms with E-state index in [4.69, 9.17) is 4.74 Å². The van der Waals surface area contributed by atoms with Gasteiger partial charge in [0.05, 0.1) is 24.1 Å². The summed E-state index contributed by atoms with van der Waals surface area (Å²) >= 11 is 0. The van der Waals surface area contributed by atoms with Crippen LogP contribution in [0.1, 0.15) is 23.2 Å². The van der Waals surface area contributed by atoms with Crippen molar-refractivity contribution in [1.82, 2.24) is 15.5 Å². The van der Waals surface area contributed by atoms with E-state index in [0.29, 0.717) is 24.3 Å². The Labute approximate surface area is 138 Å². The van der Waals surface area contributed by atoms with Crippen molar-refractivity contribution in [3.8, 4) is 5.75 Å². The van der Waals surface area contributed by atoms with Gasteiger partial charge in [-0.15, -0.1) is 0 Å². The number of benzene rings is 1. The number of nitrogens with one attached hydrogen (secondary N) is 1. The van der Waals surface area contributed by atoms with Gasteiger partial charge in [-0.3, -0.25) is 4.79 Å². The van der Waals surface area contributed by atoms with E-state index >= 15 is 0 Å². The molecular formula is C17H18FN3O3. The van der Waals surface area contributed by atoms with Gasteiger partial charge in [-0.2, -0.15) is 10.2 Å². The molecule has 24 heavy (non-hydrogen) atoms. The quantitative estimate of drug-likeness (QED) is 0.869. The van der Waals surface area contributed by atoms with Gasteiger partial charge in [0, 0.05) is 18.5 Å². The minimum atomic E-state index is -0.718. The Morgan fingerprint density at radius 3 is 2.96 bits per heavy atom. The Hall–Kier alpha value is -2.54. The van der Waals surface area contributed by atoms with Crippen LogP contribution in [0.4, 0.5) is 4.39 Å². The first kappa shape index (κ1) is 16.3. The zero-order valence-electron chi connectivity index (χ0n) is 12.9. The van der Waals surface area contributed by atoms with E-state index in [0.717, 1.165) is 6.42 Å². The van der Waals surface area contributed by atoms with Crippen LogP contribution in [-0.4, -0.2) is 40.0 Å². The molecule has 0 bridgehead atoms. The van der Waals surface area contributed by atoms with Crippen LogP contribution < -0.4 is 10.1 Å². The maximum absolute atomic E-state index is 13.2. The molecule has 126 valence electrons. The van der Waals surface area contributed by atoms with E-state index in [9.17, 15) is 14.3 Å². The summed E-state index contributed by atoms with van der Waals surface area (Å²) in [6, 6.07) is 7.42. The second-order valence-electron chi connectivity index (χ2n) is 5.78. The Bertz CT molecular complexity index is 698. The topological polar surface area (TPSA) is 84.3 Å². The Morgan fingerprint density at radius 1 is 1.33 bits per heavy atom. The molecule has 0 spiro atoms. The molecule has 1 aliphatic carbocycles. The summed E-state index contributed by atoms with van der Waals surface area (Å²) in [6.45, 7) is 0.339. The monoisotopic (exact) mass is 331 g/mol. The molecule has 7 heteroatoms. The average molecular weight is 331 g/mol. The van der Waals surface area contributed by atoms with Crippen molar-refractivity contribution >= 4 is 5.91 Å². The molecule has 0 unspecified atom stereocenters. The number of halogens is 1. The molecule has 1 aliphatic rings. The molecule has 0 saturated heterocycles. The van der Waals surface area contributed by atoms with Gasteiger partial charge in [0.2, 0.25) is 0 Å². The molecule has 1 saturated carbocycles. The second-order valence-corrected chi connectivity index (χ2v) is 5.78. The van der Waals surface area contributed by atoms with Crippen molar-refractivity contribution in [3.63, 3.8) is 0 Å². The van der Waals surface area contributed by atoms with Gasteiger partial charge >= 0.3 is 0 Å². The van der Waals surface area contributed by atoms with Gasteiger partial charge < -0.3 is 15.2 Å². The van der Waals surface area contributed by atoms with E-state index in [-0.39, 0.29) is 17.6 Å². The Kier molecular flexibility index (Phi) is 5.00. The molecule has 0 aliphatic heterocycles. The van der Waals surface area contributed by atoms with Crippen LogP contribution in [0.3, 0.4) is 0 Å². The van der Waals surface area contributed by atoms with E-state index in [1.54, 1.807) is 18.2 Å². The van der Waals surface area contributed by atoms with E-state index in [1.165, 1.54) is 24.5 Å². The van der Waals surface area contributed by atoms with Crippen molar-refractivity contribution in [2.45, 2.75) is 25.0 Å². The lowest BCUT2D eigenvalue weighted by atomic mass is 10.1. The van der Waals surface area contributed by atoms with Crippen molar-refractivity contribution in [1.29, 1.82) is 0 Å². The van der Waals surface area contributed by atoms with E-state index in [1.807, 2.05) is 0 Å². The smallest absolute Gasteiger partial charge is 0.252 e. The summed E-state index contributed by atoms with van der Waals surface area (Å²) in [5.41, 5.74) is 0.421. The minimum Gasteiger partial charge on any atom is -0.488 e. The van der Waals surface area contributed by atoms with Gasteiger partial charge in [-0.05, 0) is 31.0 Å². The third kappa shape index (κ3) is 3.86. The number of carbonyl (C=O) groups excluding carboxylic acids is 1. The molecule has 1 aromatic heterocycles. The molecule has 1 fully saturated rings. The van der Waals surface area contributed by atoms with Gasteiger partial charge in [-0.1, -0.05) is 6.07 Å². The lowest BCUT2D eigenvalue weighted by Gasteiger charge is -2.21. The van der Waals surface area contributed by atoms with Crippen molar-refractivity contribution in [2.75, 3.05) is 6.54 Å². The highest BCUT2D eigenvalue weighted by atomic mass is 19.1. The number of hydrogen-bond acceptors (Lipinski definition) is 5. The fraction of sp³-hybridized carbons (Fsp3) is 0.353. The van der Waals surface area contributed by atoms with Crippen molar-refractivity contribution in [2.24, 2.45) is 5.92 Å². The molecule has 3 atom stereocenters.